The Labute approximate surface area is 514 Å². The van der Waals surface area contributed by atoms with E-state index in [1.807, 2.05) is 85.1 Å². The maximum Gasteiger partial charge on any atom is 0.268 e. The molecule has 0 N–H and O–H groups in total. The molecular formula is C76H56N4OPtSi-2. The Morgan fingerprint density at radius 3 is 1.69 bits per heavy atom. The van der Waals surface area contributed by atoms with Gasteiger partial charge in [0.1, 0.15) is 5.82 Å². The van der Waals surface area contributed by atoms with E-state index in [0.717, 1.165) is 49.5 Å². The van der Waals surface area contributed by atoms with Gasteiger partial charge >= 0.3 is 0 Å². The Morgan fingerprint density at radius 2 is 1.06 bits per heavy atom. The number of nitrogens with zero attached hydrogens (tertiary/aromatic N) is 4. The number of hydrogen-bond donors (Lipinski definition) is 0. The average molecular weight is 1270 g/mol. The van der Waals surface area contributed by atoms with Crippen LogP contribution >= 0.6 is 0 Å². The van der Waals surface area contributed by atoms with Gasteiger partial charge in [-0.2, -0.15) is 18.2 Å². The van der Waals surface area contributed by atoms with Crippen LogP contribution in [0.5, 0.6) is 11.5 Å². The molecule has 0 fully saturated rings. The van der Waals surface area contributed by atoms with E-state index >= 15 is 0 Å². The van der Waals surface area contributed by atoms with Crippen molar-refractivity contribution in [1.29, 1.82) is 0 Å². The Bertz CT molecular complexity index is 5010. The van der Waals surface area contributed by atoms with Gasteiger partial charge in [-0.3, -0.25) is 4.57 Å². The summed E-state index contributed by atoms with van der Waals surface area (Å²) >= 11 is 0. The number of ether oxygens (including phenoxy) is 1. The largest absolute Gasteiger partial charge is 0.510 e. The zero-order chi connectivity index (χ0) is 63.9. The molecule has 0 unspecified atom stereocenters. The third-order valence-corrected chi connectivity index (χ3v) is 20.1. The number of imidazole rings is 1. The average Bonchev–Trinajstić information content (AvgIpc) is 1.67. The van der Waals surface area contributed by atoms with Crippen molar-refractivity contribution in [1.82, 2.24) is 14.1 Å². The molecule has 0 aliphatic carbocycles. The number of pyridine rings is 1. The smallest absolute Gasteiger partial charge is 0.268 e. The van der Waals surface area contributed by atoms with E-state index < -0.39 is 68.5 Å². The summed E-state index contributed by atoms with van der Waals surface area (Å²) in [7, 11) is -2.92. The molecular weight excluding hydrogens is 1210 g/mol. The van der Waals surface area contributed by atoms with Crippen molar-refractivity contribution in [3.63, 3.8) is 0 Å². The minimum atomic E-state index is -2.92. The second kappa shape index (κ2) is 22.1. The van der Waals surface area contributed by atoms with Gasteiger partial charge < -0.3 is 13.9 Å². The second-order valence-corrected chi connectivity index (χ2v) is 25.0. The van der Waals surface area contributed by atoms with Crippen LogP contribution in [-0.4, -0.2) is 22.2 Å². The van der Waals surface area contributed by atoms with Gasteiger partial charge in [-0.15, -0.1) is 29.7 Å². The van der Waals surface area contributed by atoms with Gasteiger partial charge in [0.15, 0.2) is 8.07 Å². The van der Waals surface area contributed by atoms with Gasteiger partial charge in [-0.1, -0.05) is 251 Å². The molecule has 3 heterocycles. The fraction of sp³-hybridized carbons (Fsp3) is 0.0526. The molecule has 0 spiro atoms. The minimum absolute atomic E-state index is 0. The van der Waals surface area contributed by atoms with Crippen molar-refractivity contribution in [2.75, 3.05) is 0 Å². The van der Waals surface area contributed by atoms with E-state index in [9.17, 15) is 5.48 Å². The van der Waals surface area contributed by atoms with Crippen molar-refractivity contribution < 1.29 is 44.1 Å². The maximum absolute atomic E-state index is 9.36. The monoisotopic (exact) mass is 1270 g/mol. The summed E-state index contributed by atoms with van der Waals surface area (Å²) < 4.78 is 102. The van der Waals surface area contributed by atoms with E-state index in [0.29, 0.717) is 28.2 Å². The minimum Gasteiger partial charge on any atom is -0.510 e. The fourth-order valence-electron chi connectivity index (χ4n) is 11.5. The maximum atomic E-state index is 9.36. The standard InChI is InChI=1S/C76H56N4OSi.Pt/c1-76(2,3)58-47-48-77-74(50-58)80-70-38-20-19-35-68(70)69-45-42-61(52-72(69)80)81-60-28-21-27-59(51-60)78-53-79(75-66(55-23-9-4-10-24-55)36-22-37-67(75)56-25-11-5-12-26-56)73-49-57(41-46-71(73)78)54-39-43-65(44-40-54)82(62-29-13-6-14-30-62,63-31-15-7-16-32-63)64-33-17-8-18-34-64;/h4-50H,1-3H3;/q-2;/i4D,5D,9D,10D,11D,12D,23D,24D,25D,26D;. The van der Waals surface area contributed by atoms with E-state index in [4.69, 9.17) is 17.9 Å². The van der Waals surface area contributed by atoms with Crippen LogP contribution < -0.4 is 30.1 Å². The normalized spacial score (nSPS) is 13.4. The van der Waals surface area contributed by atoms with Gasteiger partial charge in [-0.25, -0.2) is 4.98 Å². The van der Waals surface area contributed by atoms with Crippen molar-refractivity contribution in [2.24, 2.45) is 0 Å². The number of hydrogen-bond acceptors (Lipinski definition) is 2. The molecule has 14 aromatic rings. The molecule has 7 heteroatoms. The Hall–Kier alpha value is -9.45. The van der Waals surface area contributed by atoms with Crippen LogP contribution in [0.1, 0.15) is 40.0 Å². The first-order valence-electron chi connectivity index (χ1n) is 32.1. The van der Waals surface area contributed by atoms with Crippen LogP contribution in [0.3, 0.4) is 0 Å². The predicted molar refractivity (Wildman–Crippen MR) is 339 cm³/mol. The molecule has 0 saturated carbocycles. The molecule has 402 valence electrons. The summed E-state index contributed by atoms with van der Waals surface area (Å²) in [6.45, 7) is 6.52. The molecule has 0 aliphatic rings. The summed E-state index contributed by atoms with van der Waals surface area (Å²) in [5.74, 6) is 1.50. The molecule has 83 heavy (non-hydrogen) atoms. The first-order valence-corrected chi connectivity index (χ1v) is 29.1. The number of para-hydroxylation sites is 2. The van der Waals surface area contributed by atoms with E-state index in [1.165, 1.54) is 15.6 Å². The summed E-state index contributed by atoms with van der Waals surface area (Å²) in [4.78, 5) is 4.86. The van der Waals surface area contributed by atoms with E-state index in [-0.39, 0.29) is 54.4 Å². The molecule has 5 nitrogen and oxygen atoms in total. The van der Waals surface area contributed by atoms with Crippen molar-refractivity contribution in [3.05, 3.63) is 309 Å². The number of benzene rings is 11. The summed E-state index contributed by atoms with van der Waals surface area (Å²) in [5, 5.41) is 6.84. The number of aromatic nitrogens is 4. The van der Waals surface area contributed by atoms with Crippen LogP contribution in [0, 0.1) is 18.5 Å². The zero-order valence-electron chi connectivity index (χ0n) is 55.4. The topological polar surface area (TPSA) is 35.9 Å². The van der Waals surface area contributed by atoms with Gasteiger partial charge in [0, 0.05) is 44.3 Å². The quantitative estimate of drug-likeness (QED) is 0.0529. The van der Waals surface area contributed by atoms with Crippen LogP contribution in [0.4, 0.5) is 0 Å². The molecule has 0 radical (unpaired) electrons. The summed E-state index contributed by atoms with van der Waals surface area (Å²) in [5.41, 5.74) is 5.98. The van der Waals surface area contributed by atoms with Crippen LogP contribution in [-0.2, 0) is 26.5 Å². The molecule has 0 aliphatic heterocycles. The van der Waals surface area contributed by atoms with Gasteiger partial charge in [0.2, 0.25) is 0 Å². The van der Waals surface area contributed by atoms with Crippen LogP contribution in [0.25, 0.3) is 83.4 Å². The summed E-state index contributed by atoms with van der Waals surface area (Å²) in [6, 6.07) is 74.8. The van der Waals surface area contributed by atoms with Crippen molar-refractivity contribution in [3.8, 4) is 62.1 Å². The van der Waals surface area contributed by atoms with Gasteiger partial charge in [-0.05, 0) is 100 Å². The first kappa shape index (κ1) is 42.4. The third-order valence-electron chi connectivity index (χ3n) is 15.3. The van der Waals surface area contributed by atoms with Crippen molar-refractivity contribution in [2.45, 2.75) is 26.2 Å². The molecule has 3 aromatic heterocycles. The van der Waals surface area contributed by atoms with E-state index in [1.54, 1.807) is 33.4 Å². The van der Waals surface area contributed by atoms with Crippen molar-refractivity contribution >= 4 is 61.7 Å². The predicted octanol–water partition coefficient (Wildman–Crippen LogP) is 15.3. The molecule has 0 saturated heterocycles. The fourth-order valence-corrected chi connectivity index (χ4v) is 16.2. The Morgan fingerprint density at radius 1 is 0.494 bits per heavy atom. The molecule has 11 aromatic carbocycles. The molecule has 14 rings (SSSR count). The van der Waals surface area contributed by atoms with Crippen LogP contribution in [0.2, 0.25) is 0 Å². The third kappa shape index (κ3) is 9.64. The van der Waals surface area contributed by atoms with E-state index in [2.05, 4.69) is 159 Å². The van der Waals surface area contributed by atoms with Gasteiger partial charge in [0.25, 0.3) is 6.33 Å². The number of rotatable bonds is 12. The zero-order valence-corrected chi connectivity index (χ0v) is 48.6. The number of fused-ring (bicyclic) bond motifs is 4. The molecule has 0 atom stereocenters. The summed E-state index contributed by atoms with van der Waals surface area (Å²) in [6.07, 6.45) is 5.40. The molecule has 0 amide bonds. The molecule has 0 bridgehead atoms. The Balaban J connectivity index is 0.00000787. The second-order valence-electron chi connectivity index (χ2n) is 21.2. The van der Waals surface area contributed by atoms with Gasteiger partial charge in [0.05, 0.1) is 30.4 Å². The SMILES string of the molecule is [2H]c1c([2H])c([2H])c(-c2cccc(-c3c([2H])c([2H])c([2H])c([2H])c3[2H])c2-[n+]2[c-]n(-c3[c-]c(Oc4[c-]c5c(cc4)c4ccccc4n5-c4cc(C(C)(C)C)ccn4)ccc3)c3ccc(-c4ccc([Si](c5ccccc5)(c5ccccc5)c5ccccc5)cc4)cc32)c([2H])c1[2H].[Pt]. The first-order chi connectivity index (χ1) is 44.4. The Kier molecular flexibility index (Phi) is 11.3. The van der Waals surface area contributed by atoms with Crippen LogP contribution in [0.15, 0.2) is 285 Å².